The highest BCUT2D eigenvalue weighted by Crippen LogP contribution is 2.21. The lowest BCUT2D eigenvalue weighted by Crippen LogP contribution is -2.02. The molecule has 0 radical (unpaired) electrons. The van der Waals surface area contributed by atoms with E-state index in [1.54, 1.807) is 5.38 Å². The lowest BCUT2D eigenvalue weighted by molar-refractivity contribution is 0.297. The van der Waals surface area contributed by atoms with E-state index in [1.807, 2.05) is 0 Å². The summed E-state index contributed by atoms with van der Waals surface area (Å²) in [5, 5.41) is 6.14. The number of hydrogen-bond donors (Lipinski definition) is 2. The van der Waals surface area contributed by atoms with E-state index in [-0.39, 0.29) is 17.9 Å². The van der Waals surface area contributed by atoms with E-state index in [0.29, 0.717) is 16.5 Å². The van der Waals surface area contributed by atoms with Crippen LogP contribution in [0.4, 0.5) is 24.1 Å². The minimum atomic E-state index is -0.736. The van der Waals surface area contributed by atoms with Gasteiger partial charge in [0.05, 0.1) is 6.21 Å². The minimum absolute atomic E-state index is 0.148. The van der Waals surface area contributed by atoms with Gasteiger partial charge >= 0.3 is 0 Å². The maximum atomic E-state index is 13.7. The molecule has 0 unspecified atom stereocenters. The summed E-state index contributed by atoms with van der Waals surface area (Å²) in [5.41, 5.74) is 8.81. The highest BCUT2D eigenvalue weighted by atomic mass is 32.1. The first kappa shape index (κ1) is 17.7. The van der Waals surface area contributed by atoms with Gasteiger partial charge in [-0.05, 0) is 24.3 Å². The van der Waals surface area contributed by atoms with Crippen molar-refractivity contribution in [2.45, 2.75) is 6.61 Å². The summed E-state index contributed by atoms with van der Waals surface area (Å²) in [6.45, 7) is -0.188. The van der Waals surface area contributed by atoms with Gasteiger partial charge in [-0.3, -0.25) is 5.43 Å². The molecule has 0 bridgehead atoms. The highest BCUT2D eigenvalue weighted by molar-refractivity contribution is 7.14. The number of halogens is 3. The van der Waals surface area contributed by atoms with Crippen LogP contribution in [0.5, 0.6) is 5.75 Å². The predicted molar refractivity (Wildman–Crippen MR) is 94.8 cm³/mol. The second-order valence-electron chi connectivity index (χ2n) is 5.15. The van der Waals surface area contributed by atoms with Gasteiger partial charge in [0.2, 0.25) is 5.13 Å². The van der Waals surface area contributed by atoms with Gasteiger partial charge in [-0.1, -0.05) is 0 Å². The van der Waals surface area contributed by atoms with Gasteiger partial charge in [0, 0.05) is 28.6 Å². The summed E-state index contributed by atoms with van der Waals surface area (Å²) in [6.07, 6.45) is 1.41. The van der Waals surface area contributed by atoms with Crippen molar-refractivity contribution in [3.05, 3.63) is 70.4 Å². The smallest absolute Gasteiger partial charge is 0.205 e. The van der Waals surface area contributed by atoms with Gasteiger partial charge in [-0.25, -0.2) is 18.2 Å². The van der Waals surface area contributed by atoms with Crippen LogP contribution in [-0.2, 0) is 6.61 Å². The molecule has 0 aliphatic rings. The fraction of sp³-hybridized carbons (Fsp3) is 0.0588. The second kappa shape index (κ2) is 7.87. The number of ether oxygens (including phenoxy) is 1. The summed E-state index contributed by atoms with van der Waals surface area (Å²) < 4.78 is 45.6. The van der Waals surface area contributed by atoms with Gasteiger partial charge in [-0.2, -0.15) is 5.10 Å². The van der Waals surface area contributed by atoms with E-state index in [9.17, 15) is 13.2 Å². The Bertz CT molecular complexity index is 946. The lowest BCUT2D eigenvalue weighted by atomic mass is 10.2. The van der Waals surface area contributed by atoms with Crippen LogP contribution in [0.15, 0.2) is 46.9 Å². The van der Waals surface area contributed by atoms with Crippen LogP contribution >= 0.6 is 11.3 Å². The van der Waals surface area contributed by atoms with Crippen molar-refractivity contribution < 1.29 is 17.9 Å². The number of nitrogens with two attached hydrogens (primary N) is 1. The number of hydrogen-bond acceptors (Lipinski definition) is 6. The number of thiazole rings is 1. The quantitative estimate of drug-likeness (QED) is 0.499. The third-order valence-corrected chi connectivity index (χ3v) is 4.02. The molecule has 3 aromatic rings. The molecule has 26 heavy (non-hydrogen) atoms. The average molecular weight is 378 g/mol. The van der Waals surface area contributed by atoms with Gasteiger partial charge in [0.1, 0.15) is 35.6 Å². The van der Waals surface area contributed by atoms with E-state index in [2.05, 4.69) is 15.5 Å². The minimum Gasteiger partial charge on any atom is -0.488 e. The molecule has 0 amide bonds. The molecule has 0 saturated heterocycles. The van der Waals surface area contributed by atoms with Crippen LogP contribution in [0.25, 0.3) is 0 Å². The molecule has 0 aliphatic heterocycles. The Morgan fingerprint density at radius 3 is 2.65 bits per heavy atom. The zero-order valence-electron chi connectivity index (χ0n) is 13.2. The van der Waals surface area contributed by atoms with Crippen LogP contribution in [0.2, 0.25) is 0 Å². The Hall–Kier alpha value is -3.07. The second-order valence-corrected chi connectivity index (χ2v) is 6.01. The Morgan fingerprint density at radius 1 is 1.15 bits per heavy atom. The number of aromatic nitrogens is 1. The molecule has 3 N–H and O–H groups in total. The molecular weight excluding hydrogens is 365 g/mol. The van der Waals surface area contributed by atoms with Crippen molar-refractivity contribution in [2.75, 3.05) is 11.2 Å². The predicted octanol–water partition coefficient (Wildman–Crippen LogP) is 4.17. The van der Waals surface area contributed by atoms with Crippen molar-refractivity contribution in [3.8, 4) is 5.75 Å². The summed E-state index contributed by atoms with van der Waals surface area (Å²) in [6, 6.07) is 7.02. The van der Waals surface area contributed by atoms with Crippen LogP contribution in [-0.4, -0.2) is 11.2 Å². The van der Waals surface area contributed by atoms with E-state index >= 15 is 0 Å². The zero-order chi connectivity index (χ0) is 18.5. The summed E-state index contributed by atoms with van der Waals surface area (Å²) in [7, 11) is 0. The normalized spacial score (nSPS) is 11.0. The maximum absolute atomic E-state index is 13.7. The van der Waals surface area contributed by atoms with Crippen LogP contribution in [0.3, 0.4) is 0 Å². The first-order valence-electron chi connectivity index (χ1n) is 7.37. The third kappa shape index (κ3) is 4.51. The Kier molecular flexibility index (Phi) is 5.37. The molecule has 0 aliphatic carbocycles. The number of hydrazone groups is 1. The molecule has 0 atom stereocenters. The van der Waals surface area contributed by atoms with Crippen molar-refractivity contribution in [2.24, 2.45) is 5.10 Å². The molecule has 0 fully saturated rings. The third-order valence-electron chi connectivity index (χ3n) is 3.26. The van der Waals surface area contributed by atoms with E-state index in [1.165, 1.54) is 35.8 Å². The lowest BCUT2D eigenvalue weighted by Gasteiger charge is -2.10. The number of rotatable bonds is 6. The molecule has 134 valence electrons. The number of nitrogens with zero attached hydrogens (tertiary/aromatic N) is 2. The van der Waals surface area contributed by atoms with Crippen molar-refractivity contribution in [3.63, 3.8) is 0 Å². The fourth-order valence-corrected chi connectivity index (χ4v) is 2.58. The van der Waals surface area contributed by atoms with Gasteiger partial charge in [0.25, 0.3) is 0 Å². The molecule has 0 saturated carbocycles. The van der Waals surface area contributed by atoms with Crippen molar-refractivity contribution in [1.82, 2.24) is 4.98 Å². The monoisotopic (exact) mass is 378 g/mol. The zero-order valence-corrected chi connectivity index (χ0v) is 14.1. The first-order chi connectivity index (χ1) is 12.5. The molecular formula is C17H13F3N4OS. The number of nitrogen functional groups attached to an aromatic ring is 1. The van der Waals surface area contributed by atoms with Crippen molar-refractivity contribution >= 4 is 28.5 Å². The average Bonchev–Trinajstić information content (AvgIpc) is 3.01. The number of benzene rings is 2. The van der Waals surface area contributed by atoms with Gasteiger partial charge in [-0.15, -0.1) is 11.3 Å². The molecule has 5 nitrogen and oxygen atoms in total. The fourth-order valence-electron chi connectivity index (χ4n) is 2.03. The van der Waals surface area contributed by atoms with Crippen LogP contribution < -0.4 is 15.9 Å². The number of anilines is 2. The van der Waals surface area contributed by atoms with E-state index in [4.69, 9.17) is 10.5 Å². The summed E-state index contributed by atoms with van der Waals surface area (Å²) in [4.78, 5) is 3.98. The summed E-state index contributed by atoms with van der Waals surface area (Å²) in [5.74, 6) is -1.39. The molecule has 2 aromatic carbocycles. The van der Waals surface area contributed by atoms with Gasteiger partial charge < -0.3 is 10.5 Å². The molecule has 0 spiro atoms. The first-order valence-corrected chi connectivity index (χ1v) is 8.25. The van der Waals surface area contributed by atoms with Crippen LogP contribution in [0, 0.1) is 17.5 Å². The Labute approximate surface area is 151 Å². The van der Waals surface area contributed by atoms with Crippen LogP contribution in [0.1, 0.15) is 11.1 Å². The van der Waals surface area contributed by atoms with E-state index < -0.39 is 17.5 Å². The largest absolute Gasteiger partial charge is 0.488 e. The maximum Gasteiger partial charge on any atom is 0.205 e. The topological polar surface area (TPSA) is 72.5 Å². The molecule has 3 rings (SSSR count). The van der Waals surface area contributed by atoms with E-state index in [0.717, 1.165) is 18.2 Å². The molecule has 9 heteroatoms. The Balaban J connectivity index is 1.72. The van der Waals surface area contributed by atoms with Crippen molar-refractivity contribution in [1.29, 1.82) is 0 Å². The standard InChI is InChI=1S/C17H13F3N4OS/c18-12-4-2-11(14(20)5-12)8-25-15-6-13(19)3-1-10(15)7-22-24-17-23-16(21)9-26-17/h1-7,9H,8,21H2,(H,23,24). The number of nitrogens with one attached hydrogen (secondary N) is 1. The SMILES string of the molecule is Nc1csc(NN=Cc2ccc(F)cc2OCc2ccc(F)cc2F)n1. The Morgan fingerprint density at radius 2 is 1.92 bits per heavy atom. The van der Waals surface area contributed by atoms with Gasteiger partial charge in [0.15, 0.2) is 0 Å². The summed E-state index contributed by atoms with van der Waals surface area (Å²) >= 11 is 1.28. The molecule has 1 heterocycles. The molecule has 1 aromatic heterocycles. The highest BCUT2D eigenvalue weighted by Gasteiger charge is 2.08.